The molecule has 1 unspecified atom stereocenters. The standard InChI is InChI=1S/C15H16N2O6/c1-4-6-22-15(19)12-7-11(8-13(9-12)17(20)21)14(18)16-23-10(3)5-2/h4-5,7-10H,1-2,6H2,3H3,(H,16,18). The Kier molecular flexibility index (Phi) is 6.63. The van der Waals surface area contributed by atoms with Crippen LogP contribution >= 0.6 is 0 Å². The van der Waals surface area contributed by atoms with Gasteiger partial charge in [0.1, 0.15) is 12.7 Å². The number of benzene rings is 1. The number of hydroxylamine groups is 1. The van der Waals surface area contributed by atoms with Gasteiger partial charge in [-0.2, -0.15) is 0 Å². The predicted octanol–water partition coefficient (Wildman–Crippen LogP) is 2.17. The van der Waals surface area contributed by atoms with Crippen molar-refractivity contribution in [3.63, 3.8) is 0 Å². The van der Waals surface area contributed by atoms with Gasteiger partial charge in [0.2, 0.25) is 0 Å². The molecular formula is C15H16N2O6. The normalized spacial score (nSPS) is 11.2. The third-order valence-corrected chi connectivity index (χ3v) is 2.63. The average Bonchev–Trinajstić information content (AvgIpc) is 2.56. The van der Waals surface area contributed by atoms with Gasteiger partial charge in [-0.25, -0.2) is 10.3 Å². The van der Waals surface area contributed by atoms with Crippen LogP contribution in [0.5, 0.6) is 0 Å². The van der Waals surface area contributed by atoms with E-state index in [9.17, 15) is 19.7 Å². The first-order valence-electron chi connectivity index (χ1n) is 6.55. The monoisotopic (exact) mass is 320 g/mol. The Bertz CT molecular complexity index is 641. The highest BCUT2D eigenvalue weighted by atomic mass is 16.7. The summed E-state index contributed by atoms with van der Waals surface area (Å²) in [7, 11) is 0. The lowest BCUT2D eigenvalue weighted by Gasteiger charge is -2.10. The van der Waals surface area contributed by atoms with Crippen molar-refractivity contribution >= 4 is 17.6 Å². The molecule has 0 aliphatic rings. The number of rotatable bonds is 8. The lowest BCUT2D eigenvalue weighted by Crippen LogP contribution is -2.27. The maximum atomic E-state index is 12.0. The molecule has 0 heterocycles. The average molecular weight is 320 g/mol. The summed E-state index contributed by atoms with van der Waals surface area (Å²) in [5.74, 6) is -1.54. The fraction of sp³-hybridized carbons (Fsp3) is 0.200. The van der Waals surface area contributed by atoms with E-state index in [4.69, 9.17) is 9.57 Å². The second-order valence-electron chi connectivity index (χ2n) is 4.40. The number of non-ortho nitro benzene ring substituents is 1. The number of nitro benzene ring substituents is 1. The summed E-state index contributed by atoms with van der Waals surface area (Å²) in [6.07, 6.45) is 2.36. The number of carbonyl (C=O) groups is 2. The SMILES string of the molecule is C=CCOC(=O)c1cc(C(=O)NOC(C)C=C)cc([N+](=O)[O-])c1. The Morgan fingerprint density at radius 3 is 2.57 bits per heavy atom. The summed E-state index contributed by atoms with van der Waals surface area (Å²) in [4.78, 5) is 38.9. The molecule has 8 nitrogen and oxygen atoms in total. The minimum Gasteiger partial charge on any atom is -0.458 e. The van der Waals surface area contributed by atoms with E-state index in [2.05, 4.69) is 18.6 Å². The summed E-state index contributed by atoms with van der Waals surface area (Å²) in [6.45, 7) is 8.46. The number of esters is 1. The molecule has 0 saturated heterocycles. The van der Waals surface area contributed by atoms with Crippen LogP contribution in [0.3, 0.4) is 0 Å². The van der Waals surface area contributed by atoms with E-state index in [1.54, 1.807) is 6.92 Å². The first-order valence-corrected chi connectivity index (χ1v) is 6.55. The van der Waals surface area contributed by atoms with Crippen molar-refractivity contribution in [2.45, 2.75) is 13.0 Å². The zero-order valence-corrected chi connectivity index (χ0v) is 12.5. The van der Waals surface area contributed by atoms with Crippen molar-refractivity contribution in [2.24, 2.45) is 0 Å². The van der Waals surface area contributed by atoms with Crippen molar-refractivity contribution in [2.75, 3.05) is 6.61 Å². The Morgan fingerprint density at radius 2 is 2.00 bits per heavy atom. The molecular weight excluding hydrogens is 304 g/mol. The number of nitro groups is 1. The highest BCUT2D eigenvalue weighted by Gasteiger charge is 2.19. The first kappa shape index (κ1) is 18.1. The third kappa shape index (κ3) is 5.36. The van der Waals surface area contributed by atoms with Crippen molar-refractivity contribution in [3.8, 4) is 0 Å². The number of carbonyl (C=O) groups excluding carboxylic acids is 2. The summed E-state index contributed by atoms with van der Waals surface area (Å²) < 4.78 is 4.81. The number of amides is 1. The Morgan fingerprint density at radius 1 is 1.35 bits per heavy atom. The van der Waals surface area contributed by atoms with Gasteiger partial charge in [0.25, 0.3) is 11.6 Å². The molecule has 0 bridgehead atoms. The van der Waals surface area contributed by atoms with Gasteiger partial charge in [-0.15, -0.1) is 6.58 Å². The molecule has 1 atom stereocenters. The van der Waals surface area contributed by atoms with Crippen molar-refractivity contribution in [3.05, 3.63) is 64.8 Å². The number of nitrogens with zero attached hydrogens (tertiary/aromatic N) is 1. The van der Waals surface area contributed by atoms with Gasteiger partial charge in [0.15, 0.2) is 0 Å². The fourth-order valence-electron chi connectivity index (χ4n) is 1.44. The molecule has 1 aromatic rings. The van der Waals surface area contributed by atoms with Crippen LogP contribution < -0.4 is 5.48 Å². The highest BCUT2D eigenvalue weighted by molar-refractivity contribution is 5.98. The van der Waals surface area contributed by atoms with Crippen LogP contribution in [-0.4, -0.2) is 29.5 Å². The number of ether oxygens (including phenoxy) is 1. The molecule has 1 amide bonds. The van der Waals surface area contributed by atoms with Crippen LogP contribution in [-0.2, 0) is 9.57 Å². The van der Waals surface area contributed by atoms with Gasteiger partial charge in [-0.05, 0) is 13.0 Å². The summed E-state index contributed by atoms with van der Waals surface area (Å²) in [6, 6.07) is 3.23. The molecule has 1 aromatic carbocycles. The topological polar surface area (TPSA) is 108 Å². The van der Waals surface area contributed by atoms with Crippen LogP contribution in [0.1, 0.15) is 27.6 Å². The molecule has 0 fully saturated rings. The molecule has 0 aromatic heterocycles. The van der Waals surface area contributed by atoms with Crippen molar-refractivity contribution < 1.29 is 24.1 Å². The van der Waals surface area contributed by atoms with Gasteiger partial charge in [0, 0.05) is 17.7 Å². The summed E-state index contributed by atoms with van der Waals surface area (Å²) >= 11 is 0. The Labute approximate surface area is 132 Å². The van der Waals surface area contributed by atoms with Crippen LogP contribution in [0.2, 0.25) is 0 Å². The minimum atomic E-state index is -0.803. The van der Waals surface area contributed by atoms with E-state index < -0.39 is 28.6 Å². The zero-order valence-electron chi connectivity index (χ0n) is 12.5. The van der Waals surface area contributed by atoms with Gasteiger partial charge >= 0.3 is 5.97 Å². The first-order chi connectivity index (χ1) is 10.9. The van der Waals surface area contributed by atoms with Crippen LogP contribution in [0.15, 0.2) is 43.5 Å². The van der Waals surface area contributed by atoms with Crippen LogP contribution in [0.4, 0.5) is 5.69 Å². The maximum Gasteiger partial charge on any atom is 0.338 e. The van der Waals surface area contributed by atoms with Crippen LogP contribution in [0, 0.1) is 10.1 Å². The van der Waals surface area contributed by atoms with Crippen molar-refractivity contribution in [1.82, 2.24) is 5.48 Å². The van der Waals surface area contributed by atoms with Crippen LogP contribution in [0.25, 0.3) is 0 Å². The quantitative estimate of drug-likeness (QED) is 0.340. The molecule has 1 rings (SSSR count). The van der Waals surface area contributed by atoms with Gasteiger partial charge in [-0.3, -0.25) is 19.7 Å². The molecule has 8 heteroatoms. The molecule has 0 aliphatic carbocycles. The molecule has 0 radical (unpaired) electrons. The molecule has 122 valence electrons. The van der Waals surface area contributed by atoms with E-state index in [0.29, 0.717) is 0 Å². The zero-order chi connectivity index (χ0) is 17.4. The minimum absolute atomic E-state index is 0.0526. The summed E-state index contributed by atoms with van der Waals surface area (Å²) in [5, 5.41) is 10.9. The van der Waals surface area contributed by atoms with E-state index >= 15 is 0 Å². The van der Waals surface area contributed by atoms with Gasteiger partial charge < -0.3 is 4.74 Å². The van der Waals surface area contributed by atoms with E-state index in [1.165, 1.54) is 18.2 Å². The molecule has 0 aliphatic heterocycles. The number of hydrogen-bond donors (Lipinski definition) is 1. The Balaban J connectivity index is 3.06. The molecule has 0 spiro atoms. The van der Waals surface area contributed by atoms with E-state index in [-0.39, 0.29) is 17.7 Å². The third-order valence-electron chi connectivity index (χ3n) is 2.63. The second kappa shape index (κ2) is 8.44. The largest absolute Gasteiger partial charge is 0.458 e. The van der Waals surface area contributed by atoms with Crippen molar-refractivity contribution in [1.29, 1.82) is 0 Å². The highest BCUT2D eigenvalue weighted by Crippen LogP contribution is 2.18. The predicted molar refractivity (Wildman–Crippen MR) is 81.8 cm³/mol. The molecule has 1 N–H and O–H groups in total. The maximum absolute atomic E-state index is 12.0. The summed E-state index contributed by atoms with van der Waals surface area (Å²) in [5.41, 5.74) is 1.47. The molecule has 23 heavy (non-hydrogen) atoms. The fourth-order valence-corrected chi connectivity index (χ4v) is 1.44. The Hall–Kier alpha value is -3.00. The number of hydrogen-bond acceptors (Lipinski definition) is 6. The van der Waals surface area contributed by atoms with E-state index in [0.717, 1.165) is 12.1 Å². The lowest BCUT2D eigenvalue weighted by atomic mass is 10.1. The van der Waals surface area contributed by atoms with Gasteiger partial charge in [0.05, 0.1) is 10.5 Å². The molecule has 0 saturated carbocycles. The van der Waals surface area contributed by atoms with E-state index in [1.807, 2.05) is 0 Å². The smallest absolute Gasteiger partial charge is 0.338 e. The lowest BCUT2D eigenvalue weighted by molar-refractivity contribution is -0.384. The van der Waals surface area contributed by atoms with Gasteiger partial charge in [-0.1, -0.05) is 18.7 Å². The second-order valence-corrected chi connectivity index (χ2v) is 4.40. The number of nitrogens with one attached hydrogen (secondary N) is 1.